The lowest BCUT2D eigenvalue weighted by atomic mass is 10.2. The molecule has 2 aromatic carbocycles. The summed E-state index contributed by atoms with van der Waals surface area (Å²) in [6, 6.07) is 16.8. The van der Waals surface area contributed by atoms with Crippen molar-refractivity contribution in [3.8, 4) is 11.4 Å². The Morgan fingerprint density at radius 1 is 1.09 bits per heavy atom. The second kappa shape index (κ2) is 11.6. The van der Waals surface area contributed by atoms with Gasteiger partial charge in [-0.2, -0.15) is 0 Å². The van der Waals surface area contributed by atoms with Crippen LogP contribution in [0.5, 0.6) is 0 Å². The van der Waals surface area contributed by atoms with Crippen LogP contribution in [0.15, 0.2) is 63.9 Å². The minimum atomic E-state index is -0.421. The Labute approximate surface area is 200 Å². The molecule has 1 aromatic heterocycles. The molecule has 0 atom stereocenters. The van der Waals surface area contributed by atoms with Crippen LogP contribution >= 0.6 is 28.1 Å². The number of anilines is 1. The van der Waals surface area contributed by atoms with E-state index in [4.69, 9.17) is 12.2 Å². The van der Waals surface area contributed by atoms with E-state index in [1.54, 1.807) is 0 Å². The molecular formula is C22H25BrN6O2S. The molecule has 1 amide bonds. The summed E-state index contributed by atoms with van der Waals surface area (Å²) in [5, 5.41) is 7.69. The molecule has 3 rings (SSSR count). The Hall–Kier alpha value is -2.98. The Balaban J connectivity index is 1.68. The highest BCUT2D eigenvalue weighted by atomic mass is 79.9. The molecule has 0 aliphatic heterocycles. The number of aryl methyl sites for hydroxylation is 1. The highest BCUT2D eigenvalue weighted by Gasteiger charge is 2.17. The van der Waals surface area contributed by atoms with Crippen LogP contribution in [-0.4, -0.2) is 25.4 Å². The molecule has 3 N–H and O–H groups in total. The van der Waals surface area contributed by atoms with Gasteiger partial charge in [-0.05, 0) is 36.8 Å². The van der Waals surface area contributed by atoms with E-state index in [0.29, 0.717) is 12.4 Å². The Bertz CT molecular complexity index is 1130. The summed E-state index contributed by atoms with van der Waals surface area (Å²) in [6.45, 7) is 2.42. The van der Waals surface area contributed by atoms with Gasteiger partial charge in [-0.15, -0.1) is 5.10 Å². The van der Waals surface area contributed by atoms with Crippen molar-refractivity contribution in [3.05, 3.63) is 69.6 Å². The third kappa shape index (κ3) is 6.51. The lowest BCUT2D eigenvalue weighted by molar-refractivity contribution is -0.122. The predicted octanol–water partition coefficient (Wildman–Crippen LogP) is 3.68. The zero-order valence-electron chi connectivity index (χ0n) is 17.7. The van der Waals surface area contributed by atoms with E-state index < -0.39 is 5.91 Å². The lowest BCUT2D eigenvalue weighted by Crippen LogP contribution is -2.46. The molecule has 0 saturated heterocycles. The largest absolute Gasteiger partial charge is 0.346 e. The fourth-order valence-electron chi connectivity index (χ4n) is 3.08. The molecule has 0 unspecified atom stereocenters. The fourth-order valence-corrected chi connectivity index (χ4v) is 3.65. The highest BCUT2D eigenvalue weighted by molar-refractivity contribution is 9.10. The van der Waals surface area contributed by atoms with E-state index in [1.165, 1.54) is 9.25 Å². The first-order valence-corrected chi connectivity index (χ1v) is 11.5. The van der Waals surface area contributed by atoms with Crippen LogP contribution in [0.2, 0.25) is 0 Å². The zero-order valence-corrected chi connectivity index (χ0v) is 20.1. The number of hydrogen-bond acceptors (Lipinski definition) is 4. The summed E-state index contributed by atoms with van der Waals surface area (Å²) in [7, 11) is 0. The molecule has 0 saturated carbocycles. The van der Waals surface area contributed by atoms with Crippen molar-refractivity contribution in [1.29, 1.82) is 0 Å². The SMILES string of the molecule is CCCCCn1nc(-c2ccccc2)n(CC(=O)NNC(=S)Nc2cccc(Br)c2)c1=O. The summed E-state index contributed by atoms with van der Waals surface area (Å²) in [5.74, 6) is 0.0351. The third-order valence-electron chi connectivity index (χ3n) is 4.63. The van der Waals surface area contributed by atoms with Crippen molar-refractivity contribution in [2.24, 2.45) is 0 Å². The standard InChI is InChI=1S/C22H25BrN6O2S/c1-2-3-7-13-29-22(31)28(20(27-29)16-9-5-4-6-10-16)15-19(30)25-26-21(32)24-18-12-8-11-17(23)14-18/h4-6,8-12,14H,2-3,7,13,15H2,1H3,(H,25,30)(H2,24,26,32). The van der Waals surface area contributed by atoms with Gasteiger partial charge in [-0.3, -0.25) is 20.2 Å². The van der Waals surface area contributed by atoms with Gasteiger partial charge in [-0.25, -0.2) is 9.48 Å². The first kappa shape index (κ1) is 23.7. The quantitative estimate of drug-likeness (QED) is 0.240. The van der Waals surface area contributed by atoms with Crippen molar-refractivity contribution in [3.63, 3.8) is 0 Å². The normalized spacial score (nSPS) is 10.6. The van der Waals surface area contributed by atoms with Gasteiger partial charge < -0.3 is 5.32 Å². The average molecular weight is 517 g/mol. The van der Waals surface area contributed by atoms with Crippen LogP contribution in [-0.2, 0) is 17.9 Å². The van der Waals surface area contributed by atoms with Gasteiger partial charge in [0, 0.05) is 22.3 Å². The number of thiocarbonyl (C=S) groups is 1. The van der Waals surface area contributed by atoms with E-state index in [2.05, 4.69) is 44.1 Å². The van der Waals surface area contributed by atoms with Crippen LogP contribution in [0.1, 0.15) is 26.2 Å². The Morgan fingerprint density at radius 3 is 2.59 bits per heavy atom. The van der Waals surface area contributed by atoms with Gasteiger partial charge in [0.1, 0.15) is 6.54 Å². The van der Waals surface area contributed by atoms with Gasteiger partial charge in [0.2, 0.25) is 0 Å². The van der Waals surface area contributed by atoms with Crippen molar-refractivity contribution < 1.29 is 4.79 Å². The second-order valence-corrected chi connectivity index (χ2v) is 8.45. The van der Waals surface area contributed by atoms with Crippen LogP contribution in [0, 0.1) is 0 Å². The molecular weight excluding hydrogens is 492 g/mol. The molecule has 0 aliphatic rings. The number of amides is 1. The van der Waals surface area contributed by atoms with Crippen molar-refractivity contribution in [2.75, 3.05) is 5.32 Å². The van der Waals surface area contributed by atoms with Gasteiger partial charge >= 0.3 is 5.69 Å². The first-order chi connectivity index (χ1) is 15.5. The Morgan fingerprint density at radius 2 is 1.88 bits per heavy atom. The summed E-state index contributed by atoms with van der Waals surface area (Å²) >= 11 is 8.61. The number of aromatic nitrogens is 3. The summed E-state index contributed by atoms with van der Waals surface area (Å²) in [5.41, 5.74) is 6.41. The number of nitrogens with one attached hydrogen (secondary N) is 3. The van der Waals surface area contributed by atoms with E-state index in [0.717, 1.165) is 35.0 Å². The molecule has 0 radical (unpaired) electrons. The van der Waals surface area contributed by atoms with Crippen LogP contribution in [0.25, 0.3) is 11.4 Å². The summed E-state index contributed by atoms with van der Waals surface area (Å²) < 4.78 is 3.71. The van der Waals surface area contributed by atoms with E-state index in [-0.39, 0.29) is 17.3 Å². The topological polar surface area (TPSA) is 93.0 Å². The summed E-state index contributed by atoms with van der Waals surface area (Å²) in [6.07, 6.45) is 2.90. The van der Waals surface area contributed by atoms with Crippen molar-refractivity contribution in [1.82, 2.24) is 25.2 Å². The van der Waals surface area contributed by atoms with Gasteiger partial charge in [0.05, 0.1) is 0 Å². The molecule has 0 bridgehead atoms. The number of carbonyl (C=O) groups excluding carboxylic acids is 1. The highest BCUT2D eigenvalue weighted by Crippen LogP contribution is 2.16. The monoisotopic (exact) mass is 516 g/mol. The number of nitrogens with zero attached hydrogens (tertiary/aromatic N) is 3. The second-order valence-electron chi connectivity index (χ2n) is 7.13. The molecule has 32 heavy (non-hydrogen) atoms. The molecule has 168 valence electrons. The minimum Gasteiger partial charge on any atom is -0.331 e. The first-order valence-electron chi connectivity index (χ1n) is 10.3. The van der Waals surface area contributed by atoms with Gasteiger partial charge in [-0.1, -0.05) is 72.1 Å². The number of benzene rings is 2. The molecule has 10 heteroatoms. The third-order valence-corrected chi connectivity index (χ3v) is 5.33. The fraction of sp³-hybridized carbons (Fsp3) is 0.273. The number of carbonyl (C=O) groups is 1. The predicted molar refractivity (Wildman–Crippen MR) is 133 cm³/mol. The number of hydrogen-bond donors (Lipinski definition) is 3. The number of unbranched alkanes of at least 4 members (excludes halogenated alkanes) is 2. The maximum absolute atomic E-state index is 12.9. The van der Waals surface area contributed by atoms with Crippen LogP contribution < -0.4 is 21.9 Å². The number of halogens is 1. The number of hydrazine groups is 1. The average Bonchev–Trinajstić information content (AvgIpc) is 3.08. The molecule has 0 aliphatic carbocycles. The smallest absolute Gasteiger partial charge is 0.331 e. The Kier molecular flexibility index (Phi) is 8.57. The number of rotatable bonds is 8. The molecule has 0 spiro atoms. The maximum atomic E-state index is 12.9. The molecule has 3 aromatic rings. The van der Waals surface area contributed by atoms with Crippen molar-refractivity contribution >= 4 is 44.9 Å². The molecule has 0 fully saturated rings. The zero-order chi connectivity index (χ0) is 22.9. The molecule has 8 nitrogen and oxygen atoms in total. The molecule has 1 heterocycles. The van der Waals surface area contributed by atoms with Gasteiger partial charge in [0.25, 0.3) is 5.91 Å². The summed E-state index contributed by atoms with van der Waals surface area (Å²) in [4.78, 5) is 25.5. The van der Waals surface area contributed by atoms with Crippen LogP contribution in [0.4, 0.5) is 5.69 Å². The van der Waals surface area contributed by atoms with Crippen LogP contribution in [0.3, 0.4) is 0 Å². The van der Waals surface area contributed by atoms with E-state index >= 15 is 0 Å². The van der Waals surface area contributed by atoms with Gasteiger partial charge in [0.15, 0.2) is 10.9 Å². The van der Waals surface area contributed by atoms with E-state index in [9.17, 15) is 9.59 Å². The van der Waals surface area contributed by atoms with E-state index in [1.807, 2.05) is 54.6 Å². The minimum absolute atomic E-state index is 0.191. The lowest BCUT2D eigenvalue weighted by Gasteiger charge is -2.12. The maximum Gasteiger partial charge on any atom is 0.346 e. The van der Waals surface area contributed by atoms with Crippen molar-refractivity contribution in [2.45, 2.75) is 39.3 Å².